The van der Waals surface area contributed by atoms with Crippen LogP contribution in [0.3, 0.4) is 0 Å². The van der Waals surface area contributed by atoms with Gasteiger partial charge in [-0.3, -0.25) is 9.59 Å². The van der Waals surface area contributed by atoms with E-state index in [9.17, 15) is 14.4 Å². The van der Waals surface area contributed by atoms with Gasteiger partial charge in [-0.25, -0.2) is 4.79 Å². The summed E-state index contributed by atoms with van der Waals surface area (Å²) in [5.41, 5.74) is 1.85. The third-order valence-electron chi connectivity index (χ3n) is 3.44. The Morgan fingerprint density at radius 3 is 2.42 bits per heavy atom. The zero-order valence-electron chi connectivity index (χ0n) is 14.1. The molecule has 6 nitrogen and oxygen atoms in total. The molecule has 1 aromatic rings. The van der Waals surface area contributed by atoms with Crippen LogP contribution >= 0.6 is 15.9 Å². The first-order valence-corrected chi connectivity index (χ1v) is 8.52. The van der Waals surface area contributed by atoms with E-state index in [0.717, 1.165) is 15.6 Å². The van der Waals surface area contributed by atoms with Crippen molar-refractivity contribution in [3.8, 4) is 0 Å². The molecule has 0 aliphatic heterocycles. The minimum absolute atomic E-state index is 0.140. The van der Waals surface area contributed by atoms with Crippen LogP contribution in [-0.4, -0.2) is 35.5 Å². The lowest BCUT2D eigenvalue weighted by molar-refractivity contribution is -0.142. The number of carbonyl (C=O) groups is 3. The predicted octanol–water partition coefficient (Wildman–Crippen LogP) is 2.03. The fraction of sp³-hybridized carbons (Fsp3) is 0.471. The van der Waals surface area contributed by atoms with E-state index in [-0.39, 0.29) is 24.8 Å². The SMILES string of the molecule is Cc1cc(Br)ccc1CC(=O)NCC(=O)N[C@@H](CC(C)C)C(=O)O. The summed E-state index contributed by atoms with van der Waals surface area (Å²) in [6, 6.07) is 4.68. The highest BCUT2D eigenvalue weighted by atomic mass is 79.9. The standard InChI is InChI=1S/C17H23BrN2O4/c1-10(2)6-14(17(23)24)20-16(22)9-19-15(21)8-12-4-5-13(18)7-11(12)3/h4-5,7,10,14H,6,8-9H2,1-3H3,(H,19,21)(H,20,22)(H,23,24)/t14-/m0/s1. The molecule has 0 radical (unpaired) electrons. The molecule has 7 heteroatoms. The molecule has 2 amide bonds. The fourth-order valence-corrected chi connectivity index (χ4v) is 2.69. The van der Waals surface area contributed by atoms with Crippen LogP contribution in [0.2, 0.25) is 0 Å². The number of carbonyl (C=O) groups excluding carboxylic acids is 2. The molecule has 0 saturated heterocycles. The topological polar surface area (TPSA) is 95.5 Å². The zero-order valence-corrected chi connectivity index (χ0v) is 15.6. The normalized spacial score (nSPS) is 11.9. The van der Waals surface area contributed by atoms with Gasteiger partial charge < -0.3 is 15.7 Å². The zero-order chi connectivity index (χ0) is 18.3. The molecular weight excluding hydrogens is 376 g/mol. The molecule has 1 aromatic carbocycles. The lowest BCUT2D eigenvalue weighted by Gasteiger charge is -2.16. The number of halogens is 1. The summed E-state index contributed by atoms with van der Waals surface area (Å²) in [6.07, 6.45) is 0.508. The van der Waals surface area contributed by atoms with E-state index in [2.05, 4.69) is 26.6 Å². The number of rotatable bonds is 8. The smallest absolute Gasteiger partial charge is 0.326 e. The number of amides is 2. The minimum Gasteiger partial charge on any atom is -0.480 e. The van der Waals surface area contributed by atoms with Gasteiger partial charge in [-0.15, -0.1) is 0 Å². The van der Waals surface area contributed by atoms with Gasteiger partial charge in [-0.1, -0.05) is 35.8 Å². The number of hydrogen-bond acceptors (Lipinski definition) is 3. The average molecular weight is 399 g/mol. The maximum absolute atomic E-state index is 11.9. The van der Waals surface area contributed by atoms with Crippen LogP contribution in [0.15, 0.2) is 22.7 Å². The van der Waals surface area contributed by atoms with E-state index in [1.54, 1.807) is 0 Å². The summed E-state index contributed by atoms with van der Waals surface area (Å²) in [6.45, 7) is 5.43. The first-order chi connectivity index (χ1) is 11.2. The Bertz CT molecular complexity index is 617. The summed E-state index contributed by atoms with van der Waals surface area (Å²) in [7, 11) is 0. The molecule has 0 aliphatic rings. The van der Waals surface area contributed by atoms with Crippen LogP contribution in [0.1, 0.15) is 31.4 Å². The van der Waals surface area contributed by atoms with E-state index < -0.39 is 17.9 Å². The van der Waals surface area contributed by atoms with Crippen molar-refractivity contribution in [3.05, 3.63) is 33.8 Å². The Hall–Kier alpha value is -1.89. The van der Waals surface area contributed by atoms with Gasteiger partial charge in [0.05, 0.1) is 13.0 Å². The average Bonchev–Trinajstić information content (AvgIpc) is 2.47. The molecule has 0 aromatic heterocycles. The molecule has 1 atom stereocenters. The van der Waals surface area contributed by atoms with Crippen LogP contribution in [0.4, 0.5) is 0 Å². The van der Waals surface area contributed by atoms with Gasteiger partial charge in [0.25, 0.3) is 0 Å². The Balaban J connectivity index is 2.48. The second-order valence-corrected chi connectivity index (χ2v) is 7.03. The molecule has 0 bridgehead atoms. The Labute approximate surface area is 150 Å². The second-order valence-electron chi connectivity index (χ2n) is 6.11. The molecule has 0 saturated carbocycles. The summed E-state index contributed by atoms with van der Waals surface area (Å²) in [5.74, 6) is -1.73. The highest BCUT2D eigenvalue weighted by Crippen LogP contribution is 2.16. The Kier molecular flexibility index (Phi) is 7.91. The maximum atomic E-state index is 11.9. The lowest BCUT2D eigenvalue weighted by Crippen LogP contribution is -2.46. The molecule has 0 aliphatic carbocycles. The van der Waals surface area contributed by atoms with Gasteiger partial charge in [0, 0.05) is 4.47 Å². The van der Waals surface area contributed by atoms with Crippen molar-refractivity contribution in [2.75, 3.05) is 6.54 Å². The van der Waals surface area contributed by atoms with Gasteiger partial charge in [0.15, 0.2) is 0 Å². The van der Waals surface area contributed by atoms with E-state index >= 15 is 0 Å². The molecule has 132 valence electrons. The Morgan fingerprint density at radius 1 is 1.21 bits per heavy atom. The van der Waals surface area contributed by atoms with Crippen LogP contribution in [0.5, 0.6) is 0 Å². The molecular formula is C17H23BrN2O4. The maximum Gasteiger partial charge on any atom is 0.326 e. The third kappa shape index (κ3) is 7.12. The molecule has 3 N–H and O–H groups in total. The summed E-state index contributed by atoms with van der Waals surface area (Å²) in [5, 5.41) is 14.0. The van der Waals surface area contributed by atoms with Crippen molar-refractivity contribution in [3.63, 3.8) is 0 Å². The second kappa shape index (κ2) is 9.42. The molecule has 0 heterocycles. The first kappa shape index (κ1) is 20.2. The van der Waals surface area contributed by atoms with E-state index in [1.807, 2.05) is 39.0 Å². The Morgan fingerprint density at radius 2 is 1.88 bits per heavy atom. The molecule has 0 unspecified atom stereocenters. The van der Waals surface area contributed by atoms with Crippen LogP contribution in [0.25, 0.3) is 0 Å². The first-order valence-electron chi connectivity index (χ1n) is 7.73. The van der Waals surface area contributed by atoms with Crippen molar-refractivity contribution in [2.45, 2.75) is 39.7 Å². The third-order valence-corrected chi connectivity index (χ3v) is 3.94. The van der Waals surface area contributed by atoms with E-state index in [4.69, 9.17) is 5.11 Å². The van der Waals surface area contributed by atoms with Gasteiger partial charge in [-0.05, 0) is 42.5 Å². The number of nitrogens with one attached hydrogen (secondary N) is 2. The number of aliphatic carboxylic acids is 1. The number of carboxylic acid groups (broad SMARTS) is 1. The van der Waals surface area contributed by atoms with Crippen LogP contribution < -0.4 is 10.6 Å². The summed E-state index contributed by atoms with van der Waals surface area (Å²) < 4.78 is 0.938. The van der Waals surface area contributed by atoms with Crippen molar-refractivity contribution >= 4 is 33.7 Å². The number of carboxylic acids is 1. The molecule has 1 rings (SSSR count). The van der Waals surface area contributed by atoms with Crippen LogP contribution in [0, 0.1) is 12.8 Å². The van der Waals surface area contributed by atoms with Gasteiger partial charge in [0.2, 0.25) is 11.8 Å². The van der Waals surface area contributed by atoms with Crippen molar-refractivity contribution in [1.29, 1.82) is 0 Å². The highest BCUT2D eigenvalue weighted by Gasteiger charge is 2.21. The molecule has 0 fully saturated rings. The lowest BCUT2D eigenvalue weighted by atomic mass is 10.0. The number of hydrogen-bond donors (Lipinski definition) is 3. The minimum atomic E-state index is -1.08. The monoisotopic (exact) mass is 398 g/mol. The van der Waals surface area contributed by atoms with Gasteiger partial charge in [-0.2, -0.15) is 0 Å². The van der Waals surface area contributed by atoms with Crippen molar-refractivity contribution in [1.82, 2.24) is 10.6 Å². The number of aryl methyl sites for hydroxylation is 1. The van der Waals surface area contributed by atoms with Gasteiger partial charge >= 0.3 is 5.97 Å². The quantitative estimate of drug-likeness (QED) is 0.624. The van der Waals surface area contributed by atoms with Crippen molar-refractivity contribution < 1.29 is 19.5 Å². The highest BCUT2D eigenvalue weighted by molar-refractivity contribution is 9.10. The molecule has 0 spiro atoms. The summed E-state index contributed by atoms with van der Waals surface area (Å²) >= 11 is 3.36. The summed E-state index contributed by atoms with van der Waals surface area (Å²) in [4.78, 5) is 34.9. The van der Waals surface area contributed by atoms with E-state index in [1.165, 1.54) is 0 Å². The van der Waals surface area contributed by atoms with Crippen LogP contribution in [-0.2, 0) is 20.8 Å². The van der Waals surface area contributed by atoms with Crippen molar-refractivity contribution in [2.24, 2.45) is 5.92 Å². The van der Waals surface area contributed by atoms with Gasteiger partial charge in [0.1, 0.15) is 6.04 Å². The number of benzene rings is 1. The van der Waals surface area contributed by atoms with E-state index in [0.29, 0.717) is 6.42 Å². The largest absolute Gasteiger partial charge is 0.480 e. The predicted molar refractivity (Wildman–Crippen MR) is 94.6 cm³/mol. The molecule has 24 heavy (non-hydrogen) atoms. The fourth-order valence-electron chi connectivity index (χ4n) is 2.21.